The maximum atomic E-state index is 11.6. The zero-order chi connectivity index (χ0) is 12.8. The molecule has 4 nitrogen and oxygen atoms in total. The van der Waals surface area contributed by atoms with Crippen LogP contribution in [0.4, 0.5) is 0 Å². The van der Waals surface area contributed by atoms with Crippen molar-refractivity contribution in [2.24, 2.45) is 5.73 Å². The fraction of sp³-hybridized carbons (Fsp3) is 0.900. The molecule has 0 heterocycles. The average Bonchev–Trinajstić information content (AvgIpc) is 2.17. The summed E-state index contributed by atoms with van der Waals surface area (Å²) in [6, 6.07) is 0. The summed E-state index contributed by atoms with van der Waals surface area (Å²) in [4.78, 5) is 2.53. The van der Waals surface area contributed by atoms with Gasteiger partial charge in [-0.3, -0.25) is 0 Å². The summed E-state index contributed by atoms with van der Waals surface area (Å²) in [5.41, 5.74) is 5.41. The van der Waals surface area contributed by atoms with Gasteiger partial charge in [-0.2, -0.15) is 0 Å². The monoisotopic (exact) mass is 266 g/mol. The van der Waals surface area contributed by atoms with Crippen LogP contribution in [0.2, 0.25) is 0 Å². The molecule has 96 valence electrons. The molecule has 0 spiro atoms. The first-order valence-corrected chi connectivity index (χ1v) is 7.64. The fourth-order valence-electron chi connectivity index (χ4n) is 1.19. The topological polar surface area (TPSA) is 63.4 Å². The molecule has 0 saturated carbocycles. The molecule has 0 unspecified atom stereocenters. The molecule has 2 N–H and O–H groups in total. The quantitative estimate of drug-likeness (QED) is 0.659. The van der Waals surface area contributed by atoms with Crippen LogP contribution in [0.15, 0.2) is 0 Å². The van der Waals surface area contributed by atoms with Gasteiger partial charge in [0.2, 0.25) is 0 Å². The highest BCUT2D eigenvalue weighted by Crippen LogP contribution is 2.02. The normalized spacial score (nSPS) is 12.3. The average molecular weight is 266 g/mol. The van der Waals surface area contributed by atoms with Gasteiger partial charge >= 0.3 is 0 Å². The van der Waals surface area contributed by atoms with Crippen molar-refractivity contribution in [2.75, 3.05) is 25.4 Å². The predicted molar refractivity (Wildman–Crippen MR) is 72.4 cm³/mol. The van der Waals surface area contributed by atoms with Crippen LogP contribution in [0, 0.1) is 0 Å². The Labute approximate surface area is 104 Å². The number of nitrogens with two attached hydrogens (primary N) is 1. The van der Waals surface area contributed by atoms with Gasteiger partial charge in [0.25, 0.3) is 0 Å². The lowest BCUT2D eigenvalue weighted by atomic mass is 10.4. The van der Waals surface area contributed by atoms with Crippen LogP contribution in [0.3, 0.4) is 0 Å². The van der Waals surface area contributed by atoms with Crippen LogP contribution in [0.1, 0.15) is 27.2 Å². The summed E-state index contributed by atoms with van der Waals surface area (Å²) in [7, 11) is -2.95. The Bertz CT molecular complexity index is 313. The van der Waals surface area contributed by atoms with E-state index in [0.29, 0.717) is 18.0 Å². The third-order valence-corrected chi connectivity index (χ3v) is 4.92. The summed E-state index contributed by atoms with van der Waals surface area (Å²) in [6.07, 6.45) is 0.644. The molecular formula is C10H22N2O2S2. The van der Waals surface area contributed by atoms with Crippen molar-refractivity contribution in [3.8, 4) is 0 Å². The molecule has 16 heavy (non-hydrogen) atoms. The summed E-state index contributed by atoms with van der Waals surface area (Å²) in [5, 5.41) is -0.304. The van der Waals surface area contributed by atoms with E-state index in [1.54, 1.807) is 13.8 Å². The van der Waals surface area contributed by atoms with Crippen molar-refractivity contribution >= 4 is 27.0 Å². The van der Waals surface area contributed by atoms with Crippen LogP contribution in [-0.4, -0.2) is 48.9 Å². The minimum absolute atomic E-state index is 0.204. The highest BCUT2D eigenvalue weighted by molar-refractivity contribution is 7.92. The summed E-state index contributed by atoms with van der Waals surface area (Å²) in [6.45, 7) is 7.53. The molecule has 0 aromatic heterocycles. The van der Waals surface area contributed by atoms with Crippen molar-refractivity contribution in [1.82, 2.24) is 4.90 Å². The van der Waals surface area contributed by atoms with Gasteiger partial charge in [-0.25, -0.2) is 8.42 Å². The minimum Gasteiger partial charge on any atom is -0.393 e. The number of rotatable bonds is 8. The third kappa shape index (κ3) is 6.40. The SMILES string of the molecule is CCN(CCC(N)=S)CCS(=O)(=O)C(C)C. The van der Waals surface area contributed by atoms with E-state index in [2.05, 4.69) is 4.90 Å². The fourth-order valence-corrected chi connectivity index (χ4v) is 2.26. The minimum atomic E-state index is -2.95. The van der Waals surface area contributed by atoms with Crippen molar-refractivity contribution in [3.63, 3.8) is 0 Å². The van der Waals surface area contributed by atoms with Crippen LogP contribution >= 0.6 is 12.2 Å². The van der Waals surface area contributed by atoms with E-state index in [9.17, 15) is 8.42 Å². The number of thiocarbonyl (C=S) groups is 1. The molecule has 6 heteroatoms. The lowest BCUT2D eigenvalue weighted by Crippen LogP contribution is -2.33. The van der Waals surface area contributed by atoms with Crippen LogP contribution in [-0.2, 0) is 9.84 Å². The van der Waals surface area contributed by atoms with Gasteiger partial charge < -0.3 is 10.6 Å². The Hall–Kier alpha value is -0.200. The molecule has 0 radical (unpaired) electrons. The van der Waals surface area contributed by atoms with Crippen molar-refractivity contribution in [3.05, 3.63) is 0 Å². The van der Waals surface area contributed by atoms with Gasteiger partial charge in [0.05, 0.1) is 16.0 Å². The van der Waals surface area contributed by atoms with Crippen molar-refractivity contribution in [2.45, 2.75) is 32.4 Å². The standard InChI is InChI=1S/C10H22N2O2S2/c1-4-12(6-5-10(11)15)7-8-16(13,14)9(2)3/h9H,4-8H2,1-3H3,(H2,11,15). The molecule has 0 bridgehead atoms. The van der Waals surface area contributed by atoms with Crippen molar-refractivity contribution in [1.29, 1.82) is 0 Å². The van der Waals surface area contributed by atoms with E-state index < -0.39 is 9.84 Å². The maximum absolute atomic E-state index is 11.6. The molecule has 0 amide bonds. The molecule has 0 aromatic carbocycles. The first-order valence-electron chi connectivity index (χ1n) is 5.51. The lowest BCUT2D eigenvalue weighted by Gasteiger charge is -2.20. The number of sulfone groups is 1. The van der Waals surface area contributed by atoms with Crippen LogP contribution < -0.4 is 5.73 Å². The van der Waals surface area contributed by atoms with Gasteiger partial charge in [0.15, 0.2) is 9.84 Å². The molecule has 0 fully saturated rings. The molecule has 0 saturated heterocycles. The van der Waals surface area contributed by atoms with E-state index in [1.165, 1.54) is 0 Å². The van der Waals surface area contributed by atoms with Gasteiger partial charge in [-0.1, -0.05) is 19.1 Å². The summed E-state index contributed by atoms with van der Waals surface area (Å²) < 4.78 is 23.2. The highest BCUT2D eigenvalue weighted by atomic mass is 32.2. The lowest BCUT2D eigenvalue weighted by molar-refractivity contribution is 0.314. The Morgan fingerprint density at radius 2 is 1.94 bits per heavy atom. The summed E-state index contributed by atoms with van der Waals surface area (Å²) >= 11 is 4.79. The van der Waals surface area contributed by atoms with Crippen LogP contribution in [0.25, 0.3) is 0 Å². The van der Waals surface area contributed by atoms with E-state index in [4.69, 9.17) is 18.0 Å². The van der Waals surface area contributed by atoms with E-state index in [0.717, 1.165) is 13.1 Å². The van der Waals surface area contributed by atoms with E-state index in [1.807, 2.05) is 6.92 Å². The Balaban J connectivity index is 4.10. The summed E-state index contributed by atoms with van der Waals surface area (Å²) in [5.74, 6) is 0.204. The molecule has 0 aliphatic heterocycles. The zero-order valence-electron chi connectivity index (χ0n) is 10.3. The first kappa shape index (κ1) is 15.8. The highest BCUT2D eigenvalue weighted by Gasteiger charge is 2.17. The molecule has 0 aliphatic rings. The zero-order valence-corrected chi connectivity index (χ0v) is 11.9. The number of nitrogens with zero attached hydrogens (tertiary/aromatic N) is 1. The number of hydrogen-bond donors (Lipinski definition) is 1. The number of hydrogen-bond acceptors (Lipinski definition) is 4. The van der Waals surface area contributed by atoms with E-state index in [-0.39, 0.29) is 11.0 Å². The first-order chi connectivity index (χ1) is 7.29. The third-order valence-electron chi connectivity index (χ3n) is 2.53. The molecule has 0 aromatic rings. The molecule has 0 rings (SSSR count). The van der Waals surface area contributed by atoms with Crippen molar-refractivity contribution < 1.29 is 8.42 Å². The second kappa shape index (κ2) is 7.19. The van der Waals surface area contributed by atoms with Gasteiger partial charge in [0.1, 0.15) is 0 Å². The van der Waals surface area contributed by atoms with E-state index >= 15 is 0 Å². The Morgan fingerprint density at radius 1 is 1.38 bits per heavy atom. The molecular weight excluding hydrogens is 244 g/mol. The Morgan fingerprint density at radius 3 is 2.31 bits per heavy atom. The van der Waals surface area contributed by atoms with Crippen LogP contribution in [0.5, 0.6) is 0 Å². The van der Waals surface area contributed by atoms with Gasteiger partial charge in [-0.15, -0.1) is 0 Å². The molecule has 0 aliphatic carbocycles. The smallest absolute Gasteiger partial charge is 0.153 e. The van der Waals surface area contributed by atoms with Gasteiger partial charge in [0, 0.05) is 19.5 Å². The second-order valence-electron chi connectivity index (χ2n) is 4.07. The largest absolute Gasteiger partial charge is 0.393 e. The Kier molecular flexibility index (Phi) is 7.10. The van der Waals surface area contributed by atoms with Gasteiger partial charge in [-0.05, 0) is 20.4 Å². The second-order valence-corrected chi connectivity index (χ2v) is 7.27. The molecule has 0 atom stereocenters. The predicted octanol–water partition coefficient (Wildman–Crippen LogP) is 0.808. The maximum Gasteiger partial charge on any atom is 0.153 e.